The van der Waals surface area contributed by atoms with Gasteiger partial charge in [0.2, 0.25) is 0 Å². The maximum absolute atomic E-state index is 10.5. The van der Waals surface area contributed by atoms with Gasteiger partial charge in [-0.25, -0.2) is 0 Å². The lowest BCUT2D eigenvalue weighted by Crippen LogP contribution is -2.44. The summed E-state index contributed by atoms with van der Waals surface area (Å²) in [5.41, 5.74) is 0. The molecule has 1 saturated heterocycles. The fourth-order valence-corrected chi connectivity index (χ4v) is 1.36. The van der Waals surface area contributed by atoms with Gasteiger partial charge in [0.1, 0.15) is 5.78 Å². The molecule has 0 aromatic rings. The first-order valence-corrected chi connectivity index (χ1v) is 3.36. The van der Waals surface area contributed by atoms with Crippen LogP contribution in [-0.2, 0) is 4.79 Å². The smallest absolute Gasteiger partial charge is 0.130 e. The van der Waals surface area contributed by atoms with Crippen molar-refractivity contribution < 1.29 is 4.79 Å². The molecule has 0 spiro atoms. The maximum atomic E-state index is 10.5. The van der Waals surface area contributed by atoms with Gasteiger partial charge in [-0.1, -0.05) is 0 Å². The third kappa shape index (κ3) is 1.79. The van der Waals surface area contributed by atoms with Gasteiger partial charge < -0.3 is 9.69 Å². The Bertz CT molecular complexity index is 116. The SMILES string of the molecule is CC(=O)CC1CN(C)C1. The van der Waals surface area contributed by atoms with Crippen LogP contribution in [0, 0.1) is 5.92 Å². The van der Waals surface area contributed by atoms with Gasteiger partial charge in [-0.15, -0.1) is 0 Å². The molecule has 2 nitrogen and oxygen atoms in total. The van der Waals surface area contributed by atoms with E-state index in [0.29, 0.717) is 11.7 Å². The highest BCUT2D eigenvalue weighted by Crippen LogP contribution is 2.16. The van der Waals surface area contributed by atoms with Crippen LogP contribution in [0.25, 0.3) is 0 Å². The van der Waals surface area contributed by atoms with Gasteiger partial charge in [-0.2, -0.15) is 0 Å². The monoisotopic (exact) mass is 127 g/mol. The molecule has 52 valence electrons. The van der Waals surface area contributed by atoms with E-state index in [1.807, 2.05) is 0 Å². The van der Waals surface area contributed by atoms with Crippen molar-refractivity contribution in [3.05, 3.63) is 0 Å². The molecule has 1 heterocycles. The van der Waals surface area contributed by atoms with Crippen LogP contribution in [0.1, 0.15) is 13.3 Å². The van der Waals surface area contributed by atoms with E-state index in [1.165, 1.54) is 0 Å². The molecule has 1 fully saturated rings. The molecule has 0 aromatic heterocycles. The molecule has 2 heteroatoms. The first-order chi connectivity index (χ1) is 4.18. The van der Waals surface area contributed by atoms with Crippen LogP contribution in [0.4, 0.5) is 0 Å². The molecular weight excluding hydrogens is 114 g/mol. The molecule has 0 amide bonds. The van der Waals surface area contributed by atoms with Crippen LogP contribution in [0.3, 0.4) is 0 Å². The Balaban J connectivity index is 2.11. The lowest BCUT2D eigenvalue weighted by atomic mass is 9.95. The number of likely N-dealkylation sites (tertiary alicyclic amines) is 1. The van der Waals surface area contributed by atoms with Crippen LogP contribution in [0.2, 0.25) is 0 Å². The summed E-state index contributed by atoms with van der Waals surface area (Å²) < 4.78 is 0. The molecule has 0 radical (unpaired) electrons. The highest BCUT2D eigenvalue weighted by molar-refractivity contribution is 5.75. The highest BCUT2D eigenvalue weighted by Gasteiger charge is 2.23. The zero-order valence-corrected chi connectivity index (χ0v) is 6.05. The van der Waals surface area contributed by atoms with E-state index < -0.39 is 0 Å². The number of Topliss-reactive ketones (excluding diaryl/α,β-unsaturated/α-hetero) is 1. The predicted molar refractivity (Wildman–Crippen MR) is 36.3 cm³/mol. The van der Waals surface area contributed by atoms with Gasteiger partial charge in [0, 0.05) is 19.5 Å². The molecule has 0 saturated carbocycles. The van der Waals surface area contributed by atoms with E-state index in [2.05, 4.69) is 11.9 Å². The summed E-state index contributed by atoms with van der Waals surface area (Å²) >= 11 is 0. The number of hydrogen-bond acceptors (Lipinski definition) is 2. The lowest BCUT2D eigenvalue weighted by Gasteiger charge is -2.35. The van der Waals surface area contributed by atoms with Crippen LogP contribution >= 0.6 is 0 Å². The number of nitrogens with zero attached hydrogens (tertiary/aromatic N) is 1. The van der Waals surface area contributed by atoms with Crippen molar-refractivity contribution in [1.82, 2.24) is 4.90 Å². The van der Waals surface area contributed by atoms with Crippen molar-refractivity contribution in [2.24, 2.45) is 5.92 Å². The first kappa shape index (κ1) is 6.75. The second-order valence-corrected chi connectivity index (χ2v) is 2.99. The Hall–Kier alpha value is -0.370. The normalized spacial score (nSPS) is 21.6. The zero-order chi connectivity index (χ0) is 6.85. The lowest BCUT2D eigenvalue weighted by molar-refractivity contribution is -0.119. The van der Waals surface area contributed by atoms with E-state index in [4.69, 9.17) is 0 Å². The highest BCUT2D eigenvalue weighted by atomic mass is 16.1. The Labute approximate surface area is 55.8 Å². The summed E-state index contributed by atoms with van der Waals surface area (Å²) in [5, 5.41) is 0. The van der Waals surface area contributed by atoms with Crippen molar-refractivity contribution in [3.63, 3.8) is 0 Å². The number of ketones is 1. The summed E-state index contributed by atoms with van der Waals surface area (Å²) in [6.45, 7) is 3.89. The molecule has 0 aliphatic carbocycles. The van der Waals surface area contributed by atoms with Gasteiger partial charge in [0.25, 0.3) is 0 Å². The Morgan fingerprint density at radius 2 is 2.22 bits per heavy atom. The first-order valence-electron chi connectivity index (χ1n) is 3.36. The fourth-order valence-electron chi connectivity index (χ4n) is 1.36. The van der Waals surface area contributed by atoms with Crippen molar-refractivity contribution in [3.8, 4) is 0 Å². The average molecular weight is 127 g/mol. The summed E-state index contributed by atoms with van der Waals surface area (Å²) in [7, 11) is 2.08. The second-order valence-electron chi connectivity index (χ2n) is 2.99. The maximum Gasteiger partial charge on any atom is 0.130 e. The topological polar surface area (TPSA) is 20.3 Å². The number of carbonyl (C=O) groups is 1. The van der Waals surface area contributed by atoms with Crippen molar-refractivity contribution in [2.75, 3.05) is 20.1 Å². The van der Waals surface area contributed by atoms with Crippen molar-refractivity contribution in [2.45, 2.75) is 13.3 Å². The van der Waals surface area contributed by atoms with E-state index in [-0.39, 0.29) is 0 Å². The van der Waals surface area contributed by atoms with Gasteiger partial charge in [0.05, 0.1) is 0 Å². The van der Waals surface area contributed by atoms with E-state index >= 15 is 0 Å². The Morgan fingerprint density at radius 3 is 2.56 bits per heavy atom. The van der Waals surface area contributed by atoms with E-state index in [1.54, 1.807) is 6.92 Å². The number of hydrogen-bond donors (Lipinski definition) is 0. The fraction of sp³-hybridized carbons (Fsp3) is 0.857. The minimum atomic E-state index is 0.327. The molecule has 1 aliphatic heterocycles. The average Bonchev–Trinajstić information content (AvgIpc) is 1.60. The van der Waals surface area contributed by atoms with Gasteiger partial charge in [-0.05, 0) is 19.9 Å². The summed E-state index contributed by atoms with van der Waals surface area (Å²) in [6, 6.07) is 0. The molecule has 1 rings (SSSR count). The largest absolute Gasteiger partial charge is 0.306 e. The van der Waals surface area contributed by atoms with Crippen molar-refractivity contribution >= 4 is 5.78 Å². The van der Waals surface area contributed by atoms with Gasteiger partial charge >= 0.3 is 0 Å². The molecule has 1 aliphatic rings. The van der Waals surface area contributed by atoms with Crippen molar-refractivity contribution in [1.29, 1.82) is 0 Å². The standard InChI is InChI=1S/C7H13NO/c1-6(9)3-7-4-8(2)5-7/h7H,3-5H2,1-2H3. The molecule has 0 aromatic carbocycles. The summed E-state index contributed by atoms with van der Waals surface area (Å²) in [4.78, 5) is 12.8. The van der Waals surface area contributed by atoms with Crippen LogP contribution in [0.5, 0.6) is 0 Å². The van der Waals surface area contributed by atoms with Gasteiger partial charge in [0.15, 0.2) is 0 Å². The van der Waals surface area contributed by atoms with E-state index in [0.717, 1.165) is 19.5 Å². The number of carbonyl (C=O) groups excluding carboxylic acids is 1. The molecule has 0 atom stereocenters. The Morgan fingerprint density at radius 1 is 1.67 bits per heavy atom. The molecule has 0 unspecified atom stereocenters. The van der Waals surface area contributed by atoms with E-state index in [9.17, 15) is 4.79 Å². The van der Waals surface area contributed by atoms with Crippen LogP contribution < -0.4 is 0 Å². The second kappa shape index (κ2) is 2.48. The minimum Gasteiger partial charge on any atom is -0.306 e. The summed E-state index contributed by atoms with van der Waals surface area (Å²) in [6.07, 6.45) is 0.782. The zero-order valence-electron chi connectivity index (χ0n) is 6.05. The Kier molecular flexibility index (Phi) is 1.86. The summed E-state index contributed by atoms with van der Waals surface area (Å²) in [5.74, 6) is 0.987. The molecule has 0 N–H and O–H groups in total. The number of rotatable bonds is 2. The molecular formula is C7H13NO. The third-order valence-electron chi connectivity index (χ3n) is 1.72. The molecule has 9 heavy (non-hydrogen) atoms. The predicted octanol–water partition coefficient (Wildman–Crippen LogP) is 0.527. The van der Waals surface area contributed by atoms with Crippen LogP contribution in [0.15, 0.2) is 0 Å². The van der Waals surface area contributed by atoms with Crippen LogP contribution in [-0.4, -0.2) is 30.8 Å². The quantitative estimate of drug-likeness (QED) is 0.539. The minimum absolute atomic E-state index is 0.327. The van der Waals surface area contributed by atoms with Gasteiger partial charge in [-0.3, -0.25) is 0 Å². The molecule has 0 bridgehead atoms. The third-order valence-corrected chi connectivity index (χ3v) is 1.72.